The molecule has 0 radical (unpaired) electrons. The summed E-state index contributed by atoms with van der Waals surface area (Å²) in [5, 5.41) is 2.98. The molecule has 0 aromatic heterocycles. The third-order valence-electron chi connectivity index (χ3n) is 2.95. The highest BCUT2D eigenvalue weighted by atomic mass is 79.9. The van der Waals surface area contributed by atoms with Crippen LogP contribution in [0.4, 0.5) is 0 Å². The monoisotopic (exact) mass is 349 g/mol. The summed E-state index contributed by atoms with van der Waals surface area (Å²) in [6.07, 6.45) is -1.11. The Kier molecular flexibility index (Phi) is 6.25. The van der Waals surface area contributed by atoms with Gasteiger partial charge in [0.25, 0.3) is 0 Å². The molecule has 0 spiro atoms. The van der Waals surface area contributed by atoms with E-state index in [0.29, 0.717) is 0 Å². The summed E-state index contributed by atoms with van der Waals surface area (Å²) in [6, 6.07) is -0.688. The van der Waals surface area contributed by atoms with E-state index in [1.807, 2.05) is 0 Å². The van der Waals surface area contributed by atoms with Crippen molar-refractivity contribution in [3.05, 3.63) is 10.4 Å². The van der Waals surface area contributed by atoms with Crippen LogP contribution in [0.3, 0.4) is 0 Å². The third kappa shape index (κ3) is 4.36. The van der Waals surface area contributed by atoms with Crippen LogP contribution in [-0.2, 0) is 23.8 Å². The predicted molar refractivity (Wildman–Crippen MR) is 71.9 cm³/mol. The zero-order valence-corrected chi connectivity index (χ0v) is 12.9. The number of halogens is 1. The zero-order valence-electron chi connectivity index (χ0n) is 11.4. The lowest BCUT2D eigenvalue weighted by molar-refractivity contribution is -0.176. The van der Waals surface area contributed by atoms with Crippen LogP contribution < -0.4 is 0 Å². The van der Waals surface area contributed by atoms with E-state index in [2.05, 4.69) is 26.0 Å². The molecule has 1 aliphatic heterocycles. The van der Waals surface area contributed by atoms with Crippen molar-refractivity contribution < 1.29 is 23.8 Å². The van der Waals surface area contributed by atoms with Gasteiger partial charge in [0, 0.05) is 24.7 Å². The van der Waals surface area contributed by atoms with Gasteiger partial charge in [0.1, 0.15) is 23.8 Å². The Morgan fingerprint density at radius 3 is 2.55 bits per heavy atom. The minimum atomic E-state index is -0.688. The normalized spacial score (nSPS) is 32.9. The molecule has 9 heteroatoms. The highest BCUT2D eigenvalue weighted by Crippen LogP contribution is 2.33. The summed E-state index contributed by atoms with van der Waals surface area (Å²) >= 11 is 3.24. The topological polar surface area (TPSA) is 111 Å². The van der Waals surface area contributed by atoms with Crippen molar-refractivity contribution in [3.63, 3.8) is 0 Å². The van der Waals surface area contributed by atoms with Crippen LogP contribution >= 0.6 is 15.9 Å². The first-order chi connectivity index (χ1) is 9.36. The first-order valence-electron chi connectivity index (χ1n) is 6.01. The van der Waals surface area contributed by atoms with Gasteiger partial charge in [0.2, 0.25) is 0 Å². The maximum Gasteiger partial charge on any atom is 0.302 e. The van der Waals surface area contributed by atoms with Crippen molar-refractivity contribution in [2.24, 2.45) is 11.0 Å². The lowest BCUT2D eigenvalue weighted by Gasteiger charge is -2.41. The molecule has 0 amide bonds. The van der Waals surface area contributed by atoms with Gasteiger partial charge < -0.3 is 14.2 Å². The van der Waals surface area contributed by atoms with Gasteiger partial charge in [0.15, 0.2) is 0 Å². The molecule has 5 atom stereocenters. The fourth-order valence-electron chi connectivity index (χ4n) is 1.98. The van der Waals surface area contributed by atoms with E-state index in [-0.39, 0.29) is 12.5 Å². The van der Waals surface area contributed by atoms with E-state index in [1.54, 1.807) is 6.92 Å². The minimum absolute atomic E-state index is 0.0410. The summed E-state index contributed by atoms with van der Waals surface area (Å²) in [6.45, 7) is 4.39. The molecule has 0 bridgehead atoms. The first kappa shape index (κ1) is 16.7. The van der Waals surface area contributed by atoms with E-state index >= 15 is 0 Å². The molecule has 1 aliphatic rings. The average molecular weight is 350 g/mol. The summed E-state index contributed by atoms with van der Waals surface area (Å²) < 4.78 is 15.8. The Balaban J connectivity index is 2.88. The van der Waals surface area contributed by atoms with Gasteiger partial charge in [-0.05, 0) is 5.53 Å². The second-order valence-corrected chi connectivity index (χ2v) is 5.36. The number of hydrogen-bond acceptors (Lipinski definition) is 6. The van der Waals surface area contributed by atoms with Crippen LogP contribution in [0, 0.1) is 5.92 Å². The summed E-state index contributed by atoms with van der Waals surface area (Å²) in [5.74, 6) is -1.19. The van der Waals surface area contributed by atoms with Gasteiger partial charge in [-0.15, -0.1) is 0 Å². The van der Waals surface area contributed by atoms with Crippen LogP contribution in [0.25, 0.3) is 10.4 Å². The molecule has 20 heavy (non-hydrogen) atoms. The smallest absolute Gasteiger partial charge is 0.302 e. The maximum absolute atomic E-state index is 11.2. The second-order valence-electron chi connectivity index (χ2n) is 4.46. The Hall–Kier alpha value is -1.31. The Morgan fingerprint density at radius 2 is 2.05 bits per heavy atom. The molecular formula is C11H16BrN3O5. The molecule has 1 rings (SSSR count). The standard InChI is InChI=1S/C11H16BrN3O5/c1-5-8(4-18-6(2)16)20-11(12)9(14-15-13)10(5)19-7(3)17/h5,8-11H,4H2,1-3H3. The first-order valence-corrected chi connectivity index (χ1v) is 6.92. The summed E-state index contributed by atoms with van der Waals surface area (Å²) in [5.41, 5.74) is 8.59. The molecule has 5 unspecified atom stereocenters. The van der Waals surface area contributed by atoms with Crippen molar-refractivity contribution in [2.45, 2.75) is 44.0 Å². The van der Waals surface area contributed by atoms with E-state index in [0.717, 1.165) is 0 Å². The van der Waals surface area contributed by atoms with Gasteiger partial charge in [-0.3, -0.25) is 9.59 Å². The Morgan fingerprint density at radius 1 is 1.40 bits per heavy atom. The lowest BCUT2D eigenvalue weighted by Crippen LogP contribution is -2.53. The fourth-order valence-corrected chi connectivity index (χ4v) is 2.66. The molecular weight excluding hydrogens is 334 g/mol. The van der Waals surface area contributed by atoms with Crippen molar-refractivity contribution in [1.29, 1.82) is 0 Å². The summed E-state index contributed by atoms with van der Waals surface area (Å²) in [7, 11) is 0. The Bertz CT molecular complexity index is 426. The SMILES string of the molecule is CC(=O)OCC1OC(Br)C(N=[N+]=[N-])C(OC(C)=O)C1C. The fraction of sp³-hybridized carbons (Fsp3) is 0.818. The average Bonchev–Trinajstić information content (AvgIpc) is 2.35. The van der Waals surface area contributed by atoms with E-state index in [4.69, 9.17) is 19.7 Å². The molecule has 1 fully saturated rings. The van der Waals surface area contributed by atoms with Crippen LogP contribution in [0.2, 0.25) is 0 Å². The molecule has 0 aliphatic carbocycles. The highest BCUT2D eigenvalue weighted by Gasteiger charge is 2.44. The van der Waals surface area contributed by atoms with Gasteiger partial charge in [-0.1, -0.05) is 28.0 Å². The number of alkyl halides is 1. The second kappa shape index (κ2) is 7.47. The molecule has 1 saturated heterocycles. The largest absolute Gasteiger partial charge is 0.463 e. The van der Waals surface area contributed by atoms with Gasteiger partial charge in [-0.25, -0.2) is 0 Å². The van der Waals surface area contributed by atoms with E-state index in [9.17, 15) is 9.59 Å². The van der Waals surface area contributed by atoms with Gasteiger partial charge in [-0.2, -0.15) is 0 Å². The minimum Gasteiger partial charge on any atom is -0.463 e. The molecule has 1 heterocycles. The molecule has 0 N–H and O–H groups in total. The zero-order chi connectivity index (χ0) is 15.3. The molecule has 0 saturated carbocycles. The van der Waals surface area contributed by atoms with Crippen molar-refractivity contribution in [1.82, 2.24) is 0 Å². The number of carbonyl (C=O) groups is 2. The number of azide groups is 1. The quantitative estimate of drug-likeness (QED) is 0.253. The lowest BCUT2D eigenvalue weighted by atomic mass is 9.90. The molecule has 0 aromatic rings. The maximum atomic E-state index is 11.2. The number of hydrogen-bond donors (Lipinski definition) is 0. The highest BCUT2D eigenvalue weighted by molar-refractivity contribution is 9.09. The third-order valence-corrected chi connectivity index (χ3v) is 3.71. The number of esters is 2. The van der Waals surface area contributed by atoms with Crippen LogP contribution in [0.15, 0.2) is 5.11 Å². The molecule has 0 aromatic carbocycles. The number of nitrogens with zero attached hydrogens (tertiary/aromatic N) is 3. The van der Waals surface area contributed by atoms with Crippen LogP contribution in [0.5, 0.6) is 0 Å². The van der Waals surface area contributed by atoms with Crippen LogP contribution in [0.1, 0.15) is 20.8 Å². The van der Waals surface area contributed by atoms with Gasteiger partial charge in [0.05, 0.1) is 6.10 Å². The number of rotatable bonds is 4. The predicted octanol–water partition coefficient (Wildman–Crippen LogP) is 1.92. The number of carbonyl (C=O) groups excluding carboxylic acids is 2. The van der Waals surface area contributed by atoms with E-state index in [1.165, 1.54) is 13.8 Å². The van der Waals surface area contributed by atoms with Gasteiger partial charge >= 0.3 is 11.9 Å². The number of ether oxygens (including phenoxy) is 3. The molecule has 8 nitrogen and oxygen atoms in total. The van der Waals surface area contributed by atoms with Crippen LogP contribution in [-0.4, -0.2) is 41.8 Å². The van der Waals surface area contributed by atoms with Crippen molar-refractivity contribution in [2.75, 3.05) is 6.61 Å². The summed E-state index contributed by atoms with van der Waals surface area (Å²) in [4.78, 5) is 24.8. The van der Waals surface area contributed by atoms with E-state index < -0.39 is 35.2 Å². The Labute approximate surface area is 124 Å². The van der Waals surface area contributed by atoms with Crippen molar-refractivity contribution >= 4 is 27.9 Å². The molecule has 112 valence electrons. The van der Waals surface area contributed by atoms with Crippen molar-refractivity contribution in [3.8, 4) is 0 Å².